The van der Waals surface area contributed by atoms with E-state index in [0.717, 1.165) is 26.8 Å². The molecule has 2 aromatic carbocycles. The van der Waals surface area contributed by atoms with E-state index in [-0.39, 0.29) is 64.9 Å². The van der Waals surface area contributed by atoms with Gasteiger partial charge in [-0.15, -0.1) is 20.4 Å². The van der Waals surface area contributed by atoms with E-state index in [4.69, 9.17) is 0 Å². The predicted octanol–water partition coefficient (Wildman–Crippen LogP) is 0.139. The number of aromatic nitrogens is 4. The molecule has 26 heavy (non-hydrogen) atoms. The Labute approximate surface area is 189 Å². The first-order valence-corrected chi connectivity index (χ1v) is 7.09. The van der Waals surface area contributed by atoms with Crippen LogP contribution in [0, 0.1) is 10.4 Å². The number of phenols is 1. The minimum Gasteiger partial charge on any atom is -0.507 e. The van der Waals surface area contributed by atoms with Crippen LogP contribution < -0.4 is 10.4 Å². The van der Waals surface area contributed by atoms with Crippen molar-refractivity contribution >= 4 is 71.0 Å². The van der Waals surface area contributed by atoms with Crippen LogP contribution in [0.4, 0.5) is 0 Å². The van der Waals surface area contributed by atoms with Crippen molar-refractivity contribution in [3.8, 4) is 17.1 Å². The van der Waals surface area contributed by atoms with Gasteiger partial charge in [-0.1, -0.05) is 18.2 Å². The molecule has 1 aliphatic heterocycles. The average molecular weight is 362 g/mol. The third-order valence-corrected chi connectivity index (χ3v) is 4.02. The molecule has 2 N–H and O–H groups in total. The van der Waals surface area contributed by atoms with Gasteiger partial charge in [0, 0.05) is 70.2 Å². The van der Waals surface area contributed by atoms with E-state index in [2.05, 4.69) is 41.3 Å². The van der Waals surface area contributed by atoms with Crippen molar-refractivity contribution < 1.29 is 5.11 Å². The number of aromatic amines is 1. The van der Waals surface area contributed by atoms with Crippen LogP contribution in [0.1, 0.15) is 5.56 Å². The summed E-state index contributed by atoms with van der Waals surface area (Å²) in [6.07, 6.45) is 1.91. The topological polar surface area (TPSA) is 124 Å². The molecule has 0 atom stereocenters. The van der Waals surface area contributed by atoms with Gasteiger partial charge < -0.3 is 5.11 Å². The SMILES string of the molecule is Oc1c2c(ccc1=C1N=NN=N1)=c1ccc(-c3nn[nH]n3)cc1=C2.[Na].[Na]. The summed E-state index contributed by atoms with van der Waals surface area (Å²) in [6.45, 7) is 0. The summed E-state index contributed by atoms with van der Waals surface area (Å²) in [5.41, 5.74) is 1.57. The second kappa shape index (κ2) is 7.47. The number of tetrazole rings is 1. The molecule has 0 fully saturated rings. The number of hydrogen-bond acceptors (Lipinski definition) is 8. The number of fused-ring (bicyclic) bond motifs is 2. The Morgan fingerprint density at radius 2 is 1.62 bits per heavy atom. The number of nitrogens with one attached hydrogen (secondary N) is 1. The van der Waals surface area contributed by atoms with E-state index in [0.29, 0.717) is 16.9 Å². The molecule has 1 aromatic heterocycles. The van der Waals surface area contributed by atoms with Crippen molar-refractivity contribution in [1.29, 1.82) is 0 Å². The number of phenolic OH excluding ortho intramolecular Hbond substituents is 1. The number of H-pyrrole nitrogens is 1. The van der Waals surface area contributed by atoms with E-state index in [9.17, 15) is 5.11 Å². The van der Waals surface area contributed by atoms with Crippen LogP contribution in [-0.4, -0.2) is 84.8 Å². The maximum Gasteiger partial charge on any atom is 0.210 e. The van der Waals surface area contributed by atoms with Gasteiger partial charge in [-0.2, -0.15) is 5.21 Å². The van der Waals surface area contributed by atoms with Gasteiger partial charge >= 0.3 is 0 Å². The van der Waals surface area contributed by atoms with Gasteiger partial charge in [0.05, 0.1) is 5.22 Å². The third-order valence-electron chi connectivity index (χ3n) is 4.02. The second-order valence-corrected chi connectivity index (χ2v) is 5.31. The van der Waals surface area contributed by atoms with Crippen molar-refractivity contribution in [3.05, 3.63) is 56.8 Å². The summed E-state index contributed by atoms with van der Waals surface area (Å²) < 4.78 is 0. The van der Waals surface area contributed by atoms with Crippen LogP contribution in [0.15, 0.2) is 51.0 Å². The maximum absolute atomic E-state index is 10.6. The zero-order valence-corrected chi connectivity index (χ0v) is 18.0. The molecular formula is C15H8N8Na2O. The van der Waals surface area contributed by atoms with Crippen LogP contribution in [0.3, 0.4) is 0 Å². The normalized spacial score (nSPS) is 12.8. The first kappa shape index (κ1) is 19.0. The van der Waals surface area contributed by atoms with Gasteiger partial charge in [-0.3, -0.25) is 0 Å². The minimum atomic E-state index is 0. The van der Waals surface area contributed by atoms with Crippen molar-refractivity contribution in [2.45, 2.75) is 0 Å². The smallest absolute Gasteiger partial charge is 0.210 e. The Balaban J connectivity index is 0.000000980. The van der Waals surface area contributed by atoms with Gasteiger partial charge in [-0.05, 0) is 49.5 Å². The molecule has 9 nitrogen and oxygen atoms in total. The summed E-state index contributed by atoms with van der Waals surface area (Å²) in [5.74, 6) is 0.932. The molecule has 0 amide bonds. The summed E-state index contributed by atoms with van der Waals surface area (Å²) in [4.78, 5) is 0. The van der Waals surface area contributed by atoms with Crippen molar-refractivity contribution in [2.75, 3.05) is 0 Å². The molecule has 1 aliphatic carbocycles. The molecule has 0 saturated heterocycles. The van der Waals surface area contributed by atoms with Crippen molar-refractivity contribution in [3.63, 3.8) is 0 Å². The molecule has 0 saturated carbocycles. The minimum absolute atomic E-state index is 0. The summed E-state index contributed by atoms with van der Waals surface area (Å²) >= 11 is 0. The number of nitrogens with zero attached hydrogens (tertiary/aromatic N) is 7. The molecule has 0 bridgehead atoms. The molecule has 3 aromatic rings. The van der Waals surface area contributed by atoms with Gasteiger partial charge in [-0.25, -0.2) is 0 Å². The number of rotatable bonds is 1. The first-order chi connectivity index (χ1) is 11.8. The molecule has 11 heteroatoms. The third kappa shape index (κ3) is 2.96. The summed E-state index contributed by atoms with van der Waals surface area (Å²) in [5, 5.41) is 42.5. The monoisotopic (exact) mass is 362 g/mol. The van der Waals surface area contributed by atoms with E-state index in [1.54, 1.807) is 6.07 Å². The molecule has 0 spiro atoms. The Morgan fingerprint density at radius 1 is 0.885 bits per heavy atom. The fourth-order valence-corrected chi connectivity index (χ4v) is 2.93. The van der Waals surface area contributed by atoms with Crippen LogP contribution in [0.5, 0.6) is 5.75 Å². The van der Waals surface area contributed by atoms with Gasteiger partial charge in [0.25, 0.3) is 0 Å². The molecular weight excluding hydrogens is 354 g/mol. The van der Waals surface area contributed by atoms with E-state index in [1.165, 1.54) is 0 Å². The largest absolute Gasteiger partial charge is 0.507 e. The Hall–Kier alpha value is -1.75. The molecule has 2 heterocycles. The van der Waals surface area contributed by atoms with Crippen molar-refractivity contribution in [2.24, 2.45) is 20.7 Å². The van der Waals surface area contributed by atoms with E-state index < -0.39 is 0 Å². The van der Waals surface area contributed by atoms with Crippen LogP contribution in [0.2, 0.25) is 0 Å². The van der Waals surface area contributed by atoms with Crippen molar-refractivity contribution in [1.82, 2.24) is 20.6 Å². The number of benzene rings is 2. The van der Waals surface area contributed by atoms with Gasteiger partial charge in [0.15, 0.2) is 0 Å². The number of aromatic hydroxyl groups is 1. The van der Waals surface area contributed by atoms with Crippen LogP contribution >= 0.6 is 0 Å². The van der Waals surface area contributed by atoms with Crippen LogP contribution in [0.25, 0.3) is 23.3 Å². The molecule has 2 aliphatic rings. The van der Waals surface area contributed by atoms with Gasteiger partial charge in [0.2, 0.25) is 11.6 Å². The predicted molar refractivity (Wildman–Crippen MR) is 92.8 cm³/mol. The fourth-order valence-electron chi connectivity index (χ4n) is 2.93. The Morgan fingerprint density at radius 3 is 2.35 bits per heavy atom. The number of hydrogen-bond donors (Lipinski definition) is 2. The second-order valence-electron chi connectivity index (χ2n) is 5.31. The Kier molecular flexibility index (Phi) is 5.47. The molecule has 116 valence electrons. The zero-order valence-electron chi connectivity index (χ0n) is 14.0. The first-order valence-electron chi connectivity index (χ1n) is 7.09. The van der Waals surface area contributed by atoms with Crippen LogP contribution in [-0.2, 0) is 0 Å². The summed E-state index contributed by atoms with van der Waals surface area (Å²) in [6, 6.07) is 9.55. The Bertz CT molecular complexity index is 1250. The maximum atomic E-state index is 10.6. The van der Waals surface area contributed by atoms with E-state index in [1.807, 2.05) is 30.3 Å². The summed E-state index contributed by atoms with van der Waals surface area (Å²) in [7, 11) is 0. The standard InChI is InChI=1S/C15H8N8O.2Na/c24-13-11(15-18-22-23-19-15)4-3-10-9-2-1-7(14-16-20-21-17-14)5-8(9)6-12(10)13;;/h1-6,24H,(H,16,17,20,21);;. The quantitative estimate of drug-likeness (QED) is 0.467. The molecule has 5 rings (SSSR count). The molecule has 2 radical (unpaired) electrons. The average Bonchev–Trinajstić information content (AvgIpc) is 3.35. The van der Waals surface area contributed by atoms with Gasteiger partial charge in [0.1, 0.15) is 5.75 Å². The van der Waals surface area contributed by atoms with E-state index >= 15 is 0 Å². The zero-order chi connectivity index (χ0) is 16.1. The molecule has 0 unspecified atom stereocenters. The fraction of sp³-hybridized carbons (Fsp3) is 0.